The quantitative estimate of drug-likeness (QED) is 0.327. The molecule has 1 fully saturated rings. The van der Waals surface area contributed by atoms with Crippen molar-refractivity contribution in [1.82, 2.24) is 4.31 Å². The molecule has 0 aliphatic carbocycles. The van der Waals surface area contributed by atoms with Gasteiger partial charge < -0.3 is 10.2 Å². The molecule has 0 spiro atoms. The summed E-state index contributed by atoms with van der Waals surface area (Å²) in [4.78, 5) is 11.0. The summed E-state index contributed by atoms with van der Waals surface area (Å²) in [6.45, 7) is 0.644. The van der Waals surface area contributed by atoms with Gasteiger partial charge in [0.2, 0.25) is 10.0 Å². The van der Waals surface area contributed by atoms with Gasteiger partial charge in [-0.05, 0) is 48.3 Å². The summed E-state index contributed by atoms with van der Waals surface area (Å²) in [7, 11) is -3.74. The number of hydrogen-bond acceptors (Lipinski definition) is 4. The van der Waals surface area contributed by atoms with Gasteiger partial charge in [0.1, 0.15) is 5.75 Å². The van der Waals surface area contributed by atoms with Gasteiger partial charge in [0.05, 0.1) is 4.90 Å². The first kappa shape index (κ1) is 24.0. The normalized spacial score (nSPS) is 19.2. The van der Waals surface area contributed by atoms with Gasteiger partial charge in [0.15, 0.2) is 0 Å². The highest BCUT2D eigenvalue weighted by Gasteiger charge is 2.40. The Morgan fingerprint density at radius 2 is 1.71 bits per heavy atom. The minimum atomic E-state index is -3.74. The Kier molecular flexibility index (Phi) is 7.34. The number of aliphatic carboxylic acids is 1. The molecule has 3 aromatic carbocycles. The van der Waals surface area contributed by atoms with Crippen LogP contribution in [0.2, 0.25) is 0 Å². The highest BCUT2D eigenvalue weighted by atomic mass is 32.2. The third-order valence-corrected chi connectivity index (χ3v) is 8.37. The van der Waals surface area contributed by atoms with Crippen LogP contribution in [-0.4, -0.2) is 42.0 Å². The fourth-order valence-corrected chi connectivity index (χ4v) is 6.48. The Morgan fingerprint density at radius 1 is 0.971 bits per heavy atom. The van der Waals surface area contributed by atoms with Crippen LogP contribution in [0, 0.1) is 5.92 Å². The van der Waals surface area contributed by atoms with E-state index in [1.165, 1.54) is 4.31 Å². The van der Waals surface area contributed by atoms with Gasteiger partial charge in [-0.3, -0.25) is 4.79 Å². The third-order valence-electron chi connectivity index (χ3n) is 6.48. The highest BCUT2D eigenvalue weighted by Crippen LogP contribution is 2.41. The minimum absolute atomic E-state index is 0.00576. The molecule has 3 aromatic rings. The number of carbonyl (C=O) groups is 1. The first-order valence-corrected chi connectivity index (χ1v) is 12.9. The molecule has 0 unspecified atom stereocenters. The zero-order valence-electron chi connectivity index (χ0n) is 18.9. The number of unbranched alkanes of at least 4 members (excludes halogenated alkanes) is 1. The van der Waals surface area contributed by atoms with Gasteiger partial charge >= 0.3 is 5.97 Å². The molecule has 1 saturated heterocycles. The number of phenolic OH excluding ortho intramolecular Hbond substituents is 1. The van der Waals surface area contributed by atoms with E-state index in [-0.39, 0.29) is 24.0 Å². The number of para-hydroxylation sites is 1. The summed E-state index contributed by atoms with van der Waals surface area (Å²) >= 11 is 0. The molecule has 1 aliphatic heterocycles. The van der Waals surface area contributed by atoms with Gasteiger partial charge in [-0.25, -0.2) is 8.42 Å². The number of sulfonamides is 1. The fraction of sp³-hybridized carbons (Fsp3) is 0.296. The van der Waals surface area contributed by atoms with Gasteiger partial charge in [0, 0.05) is 30.8 Å². The Morgan fingerprint density at radius 3 is 2.50 bits per heavy atom. The zero-order chi connectivity index (χ0) is 24.1. The van der Waals surface area contributed by atoms with E-state index in [9.17, 15) is 18.3 Å². The number of benzene rings is 3. The predicted molar refractivity (Wildman–Crippen MR) is 132 cm³/mol. The predicted octanol–water partition coefficient (Wildman–Crippen LogP) is 5.15. The number of aromatic hydroxyl groups is 1. The smallest absolute Gasteiger partial charge is 0.303 e. The summed E-state index contributed by atoms with van der Waals surface area (Å²) in [5, 5.41) is 20.8. The fourth-order valence-electron chi connectivity index (χ4n) is 4.74. The maximum absolute atomic E-state index is 13.7. The molecular formula is C27H29NO5S. The number of carboxylic acids is 1. The molecule has 2 N–H and O–H groups in total. The van der Waals surface area contributed by atoms with E-state index < -0.39 is 16.0 Å². The van der Waals surface area contributed by atoms with E-state index in [0.29, 0.717) is 42.6 Å². The van der Waals surface area contributed by atoms with Gasteiger partial charge in [-0.2, -0.15) is 4.31 Å². The Bertz CT molecular complexity index is 1300. The summed E-state index contributed by atoms with van der Waals surface area (Å²) in [6.07, 6.45) is 5.98. The number of carboxylic acid groups (broad SMARTS) is 1. The van der Waals surface area contributed by atoms with Crippen molar-refractivity contribution in [2.75, 3.05) is 13.1 Å². The number of fused-ring (bicyclic) bond motifs is 1. The van der Waals surface area contributed by atoms with Crippen molar-refractivity contribution in [2.45, 2.75) is 36.5 Å². The van der Waals surface area contributed by atoms with Gasteiger partial charge in [-0.1, -0.05) is 66.7 Å². The van der Waals surface area contributed by atoms with Crippen molar-refractivity contribution >= 4 is 26.8 Å². The topological polar surface area (TPSA) is 94.9 Å². The molecule has 7 heteroatoms. The molecule has 34 heavy (non-hydrogen) atoms. The van der Waals surface area contributed by atoms with Crippen molar-refractivity contribution in [3.8, 4) is 5.75 Å². The van der Waals surface area contributed by atoms with Gasteiger partial charge in [0.25, 0.3) is 0 Å². The van der Waals surface area contributed by atoms with E-state index in [1.807, 2.05) is 54.6 Å². The van der Waals surface area contributed by atoms with E-state index >= 15 is 0 Å². The molecule has 0 aromatic heterocycles. The highest BCUT2D eigenvalue weighted by molar-refractivity contribution is 7.89. The van der Waals surface area contributed by atoms with E-state index in [2.05, 4.69) is 0 Å². The van der Waals surface area contributed by atoms with Gasteiger partial charge in [-0.15, -0.1) is 0 Å². The maximum atomic E-state index is 13.7. The minimum Gasteiger partial charge on any atom is -0.508 e. The van der Waals surface area contributed by atoms with E-state index in [0.717, 1.165) is 10.9 Å². The standard InChI is InChI=1S/C27H29NO5S/c29-25-15-8-7-14-23(25)24-19-28(18-21(24)11-3-1-2-4-17-27(30)31)34(32,33)26-16-9-12-20-10-5-6-13-22(20)26/h1,3,5-10,12-16,21,24,29H,2,4,11,17-19H2,(H,30,31)/b3-1-/t21-,24+/m1/s1. The van der Waals surface area contributed by atoms with Crippen LogP contribution < -0.4 is 0 Å². The van der Waals surface area contributed by atoms with Crippen LogP contribution in [0.3, 0.4) is 0 Å². The second kappa shape index (κ2) is 10.4. The molecule has 178 valence electrons. The number of hydrogen-bond donors (Lipinski definition) is 2. The molecule has 0 amide bonds. The summed E-state index contributed by atoms with van der Waals surface area (Å²) in [5.74, 6) is -0.783. The first-order chi connectivity index (χ1) is 16.4. The number of phenols is 1. The monoisotopic (exact) mass is 479 g/mol. The molecule has 0 radical (unpaired) electrons. The number of rotatable bonds is 9. The van der Waals surface area contributed by atoms with Crippen LogP contribution in [0.15, 0.2) is 83.8 Å². The molecule has 4 rings (SSSR count). The van der Waals surface area contributed by atoms with Crippen LogP contribution in [0.1, 0.15) is 37.2 Å². The lowest BCUT2D eigenvalue weighted by Gasteiger charge is -2.18. The van der Waals surface area contributed by atoms with Crippen molar-refractivity contribution < 1.29 is 23.4 Å². The lowest BCUT2D eigenvalue weighted by molar-refractivity contribution is -0.137. The largest absolute Gasteiger partial charge is 0.508 e. The van der Waals surface area contributed by atoms with Crippen LogP contribution in [0.5, 0.6) is 5.75 Å². The second-order valence-corrected chi connectivity index (χ2v) is 10.6. The van der Waals surface area contributed by atoms with E-state index in [1.54, 1.807) is 24.3 Å². The average molecular weight is 480 g/mol. The summed E-state index contributed by atoms with van der Waals surface area (Å²) in [6, 6.07) is 19.9. The second-order valence-electron chi connectivity index (χ2n) is 8.72. The molecular weight excluding hydrogens is 450 g/mol. The Balaban J connectivity index is 1.60. The lowest BCUT2D eigenvalue weighted by Crippen LogP contribution is -2.29. The molecule has 0 bridgehead atoms. The van der Waals surface area contributed by atoms with Crippen molar-refractivity contribution in [3.05, 3.63) is 84.4 Å². The average Bonchev–Trinajstić information content (AvgIpc) is 3.26. The first-order valence-electron chi connectivity index (χ1n) is 11.5. The van der Waals surface area contributed by atoms with Crippen molar-refractivity contribution in [1.29, 1.82) is 0 Å². The van der Waals surface area contributed by atoms with Crippen LogP contribution in [0.25, 0.3) is 10.8 Å². The Hall–Kier alpha value is -3.16. The summed E-state index contributed by atoms with van der Waals surface area (Å²) in [5.41, 5.74) is 0.752. The molecule has 0 saturated carbocycles. The molecule has 1 aliphatic rings. The molecule has 6 nitrogen and oxygen atoms in total. The molecule has 1 heterocycles. The van der Waals surface area contributed by atoms with Crippen LogP contribution >= 0.6 is 0 Å². The zero-order valence-corrected chi connectivity index (χ0v) is 19.7. The number of nitrogens with zero attached hydrogens (tertiary/aromatic N) is 1. The lowest BCUT2D eigenvalue weighted by atomic mass is 9.86. The maximum Gasteiger partial charge on any atom is 0.303 e. The van der Waals surface area contributed by atoms with E-state index in [4.69, 9.17) is 5.11 Å². The summed E-state index contributed by atoms with van der Waals surface area (Å²) < 4.78 is 29.0. The SMILES string of the molecule is O=C(O)CCC/C=C\C[C@@H]1CN(S(=O)(=O)c2cccc3ccccc23)C[C@@H]1c1ccccc1O. The third kappa shape index (κ3) is 5.16. The number of allylic oxidation sites excluding steroid dienone is 2. The molecule has 2 atom stereocenters. The van der Waals surface area contributed by atoms with Crippen molar-refractivity contribution in [3.63, 3.8) is 0 Å². The van der Waals surface area contributed by atoms with Crippen LogP contribution in [-0.2, 0) is 14.8 Å². The van der Waals surface area contributed by atoms with Crippen molar-refractivity contribution in [2.24, 2.45) is 5.92 Å². The van der Waals surface area contributed by atoms with Crippen LogP contribution in [0.4, 0.5) is 0 Å². The Labute approximate surface area is 200 Å².